The summed E-state index contributed by atoms with van der Waals surface area (Å²) in [6, 6.07) is 40.3. The monoisotopic (exact) mass is 788 g/mol. The number of rotatable bonds is 22. The molecule has 4 rings (SSSR count). The minimum Gasteiger partial charge on any atom is -0.353 e. The molecule has 7 nitrogen and oxygen atoms in total. The van der Waals surface area contributed by atoms with Crippen LogP contribution in [0.2, 0.25) is 0 Å². The summed E-state index contributed by atoms with van der Waals surface area (Å²) in [6.45, 7) is 5.64. The molecule has 0 fully saturated rings. The van der Waals surface area contributed by atoms with Crippen LogP contribution in [0.4, 0.5) is 0 Å². The van der Waals surface area contributed by atoms with Crippen molar-refractivity contribution in [3.8, 4) is 0 Å². The zero-order valence-electron chi connectivity index (χ0n) is 30.8. The largest absolute Gasteiger partial charge is 0.353 e. The Morgan fingerprint density at radius 1 is 0.491 bits per heavy atom. The van der Waals surface area contributed by atoms with Gasteiger partial charge in [-0.1, -0.05) is 121 Å². The molecule has 0 aliphatic carbocycles. The van der Waals surface area contributed by atoms with Crippen LogP contribution in [0, 0.1) is 0 Å². The van der Waals surface area contributed by atoms with Crippen LogP contribution in [-0.2, 0) is 37.4 Å². The summed E-state index contributed by atoms with van der Waals surface area (Å²) < 4.78 is 0. The molecule has 0 bridgehead atoms. The van der Waals surface area contributed by atoms with Gasteiger partial charge < -0.3 is 21.7 Å². The summed E-state index contributed by atoms with van der Waals surface area (Å²) in [7, 11) is 0. The maximum Gasteiger partial charge on any atom is 0.247 e. The molecule has 0 unspecified atom stereocenters. The van der Waals surface area contributed by atoms with E-state index < -0.39 is 28.4 Å². The van der Waals surface area contributed by atoms with Gasteiger partial charge in [-0.15, -0.1) is 0 Å². The predicted molar refractivity (Wildman–Crippen MR) is 229 cm³/mol. The second-order valence-electron chi connectivity index (χ2n) is 13.7. The van der Waals surface area contributed by atoms with Crippen LogP contribution in [0.1, 0.15) is 43.0 Å². The molecule has 11 heteroatoms. The summed E-state index contributed by atoms with van der Waals surface area (Å²) in [4.78, 5) is 42.3. The van der Waals surface area contributed by atoms with Crippen molar-refractivity contribution >= 4 is 64.8 Å². The van der Waals surface area contributed by atoms with Crippen LogP contribution >= 0.6 is 47.0 Å². The topological polar surface area (TPSA) is 113 Å². The van der Waals surface area contributed by atoms with E-state index in [2.05, 4.69) is 28.1 Å². The fourth-order valence-electron chi connectivity index (χ4n) is 5.21. The fourth-order valence-corrected chi connectivity index (χ4v) is 9.40. The lowest BCUT2D eigenvalue weighted by atomic mass is 9.96. The number of carbonyl (C=O) groups is 3. The molecule has 3 amide bonds. The Morgan fingerprint density at radius 3 is 1.25 bits per heavy atom. The average Bonchev–Trinajstić information content (AvgIpc) is 3.16. The van der Waals surface area contributed by atoms with Crippen LogP contribution in [0.15, 0.2) is 121 Å². The van der Waals surface area contributed by atoms with Gasteiger partial charge in [-0.2, -0.15) is 47.0 Å². The Labute approximate surface area is 332 Å². The van der Waals surface area contributed by atoms with Crippen LogP contribution < -0.4 is 21.7 Å². The first-order valence-corrected chi connectivity index (χ1v) is 22.3. The molecule has 282 valence electrons. The van der Waals surface area contributed by atoms with Crippen molar-refractivity contribution in [3.63, 3.8) is 0 Å². The number of nitrogens with one attached hydrogen (secondary N) is 3. The lowest BCUT2D eigenvalue weighted by Gasteiger charge is -2.37. The van der Waals surface area contributed by atoms with Crippen molar-refractivity contribution in [2.75, 3.05) is 29.6 Å². The van der Waals surface area contributed by atoms with Crippen LogP contribution in [0.5, 0.6) is 0 Å². The summed E-state index contributed by atoms with van der Waals surface area (Å²) >= 11 is 6.44. The number of nitrogens with two attached hydrogens (primary N) is 1. The van der Waals surface area contributed by atoms with E-state index in [-0.39, 0.29) is 11.7 Å². The number of carbonyl (C=O) groups excluding carboxylic acids is 3. The highest BCUT2D eigenvalue weighted by atomic mass is 32.2. The summed E-state index contributed by atoms with van der Waals surface area (Å²) in [5, 5.41) is 9.22. The summed E-state index contributed by atoms with van der Waals surface area (Å²) in [6.07, 6.45) is 0. The Bertz CT molecular complexity index is 1700. The van der Waals surface area contributed by atoms with Gasteiger partial charge in [-0.05, 0) is 43.0 Å². The number of amides is 3. The zero-order valence-corrected chi connectivity index (χ0v) is 34.1. The smallest absolute Gasteiger partial charge is 0.247 e. The minimum atomic E-state index is -1.36. The van der Waals surface area contributed by atoms with E-state index in [0.717, 1.165) is 28.2 Å². The van der Waals surface area contributed by atoms with E-state index in [1.54, 1.807) is 67.8 Å². The second kappa shape index (κ2) is 21.5. The Balaban J connectivity index is 1.47. The first kappa shape index (κ1) is 42.4. The van der Waals surface area contributed by atoms with E-state index in [4.69, 9.17) is 5.73 Å². The number of hydrogen-bond acceptors (Lipinski definition) is 8. The minimum absolute atomic E-state index is 0.265. The molecule has 0 aliphatic heterocycles. The van der Waals surface area contributed by atoms with Crippen molar-refractivity contribution in [2.45, 2.75) is 60.4 Å². The van der Waals surface area contributed by atoms with Gasteiger partial charge in [-0.25, -0.2) is 0 Å². The van der Waals surface area contributed by atoms with E-state index in [9.17, 15) is 14.4 Å². The molecule has 0 aromatic heterocycles. The van der Waals surface area contributed by atoms with Gasteiger partial charge in [0.2, 0.25) is 17.7 Å². The quantitative estimate of drug-likeness (QED) is 0.0615. The van der Waals surface area contributed by atoms with Crippen molar-refractivity contribution < 1.29 is 14.4 Å². The molecule has 0 heterocycles. The number of thioether (sulfide) groups is 4. The summed E-state index contributed by atoms with van der Waals surface area (Å²) in [5.74, 6) is 3.47. The van der Waals surface area contributed by atoms with Crippen molar-refractivity contribution in [1.29, 1.82) is 0 Å². The highest BCUT2D eigenvalue weighted by Crippen LogP contribution is 2.25. The average molecular weight is 789 g/mol. The molecule has 0 spiro atoms. The van der Waals surface area contributed by atoms with Gasteiger partial charge in [0.05, 0.1) is 0 Å². The third-order valence-electron chi connectivity index (χ3n) is 8.46. The van der Waals surface area contributed by atoms with E-state index in [1.807, 2.05) is 109 Å². The van der Waals surface area contributed by atoms with Gasteiger partial charge in [0.15, 0.2) is 0 Å². The third kappa shape index (κ3) is 14.4. The number of benzene rings is 4. The lowest BCUT2D eigenvalue weighted by molar-refractivity contribution is -0.137. The second-order valence-corrected chi connectivity index (χ2v) is 17.8. The fraction of sp³-hybridized carbons (Fsp3) is 0.357. The van der Waals surface area contributed by atoms with Crippen LogP contribution in [-0.4, -0.2) is 63.9 Å². The van der Waals surface area contributed by atoms with Gasteiger partial charge in [-0.3, -0.25) is 14.4 Å². The molecule has 0 radical (unpaired) electrons. The maximum absolute atomic E-state index is 14.5. The SMILES string of the molecule is C[C@@](N)(CSCc1ccccc1)C(=O)N[C@@](C)(CSCc1ccccc1)C(=O)N[C@@](C)(CSCc1ccccc1)C(=O)NCCSCc1ccccc1. The highest BCUT2D eigenvalue weighted by molar-refractivity contribution is 7.99. The molecular formula is C42H52N4O3S4. The van der Waals surface area contributed by atoms with E-state index in [0.29, 0.717) is 35.3 Å². The standard InChI is InChI=1S/C42H52N4O3S4/c1-40(43,30-51-27-34-18-10-5-11-19-34)37(47)45-42(3,32-53-29-36-22-14-7-15-23-36)39(49)46-41(2,31-52-28-35-20-12-6-13-21-35)38(48)44-24-25-50-26-33-16-8-4-9-17-33/h4-23H,24-32,43H2,1-3H3,(H,44,48)(H,45,47)(H,46,49)/t40-,41+,42+/m1/s1. The summed E-state index contributed by atoms with van der Waals surface area (Å²) in [5.41, 5.74) is 7.38. The van der Waals surface area contributed by atoms with E-state index in [1.165, 1.54) is 5.56 Å². The molecule has 5 N–H and O–H groups in total. The predicted octanol–water partition coefficient (Wildman–Crippen LogP) is 7.30. The normalized spacial score (nSPS) is 14.6. The first-order valence-electron chi connectivity index (χ1n) is 17.7. The van der Waals surface area contributed by atoms with Crippen molar-refractivity contribution in [3.05, 3.63) is 144 Å². The molecule has 53 heavy (non-hydrogen) atoms. The highest BCUT2D eigenvalue weighted by Gasteiger charge is 2.44. The molecular weight excluding hydrogens is 737 g/mol. The Morgan fingerprint density at radius 2 is 0.830 bits per heavy atom. The maximum atomic E-state index is 14.5. The number of hydrogen-bond donors (Lipinski definition) is 4. The first-order chi connectivity index (χ1) is 25.5. The Hall–Kier alpha value is -3.35. The molecule has 4 aromatic carbocycles. The Kier molecular flexibility index (Phi) is 17.2. The van der Waals surface area contributed by atoms with Gasteiger partial charge in [0, 0.05) is 52.6 Å². The van der Waals surface area contributed by atoms with Crippen LogP contribution in [0.25, 0.3) is 0 Å². The van der Waals surface area contributed by atoms with Gasteiger partial charge in [0.25, 0.3) is 0 Å². The molecule has 0 saturated carbocycles. The molecule has 0 aliphatic rings. The van der Waals surface area contributed by atoms with Crippen molar-refractivity contribution in [1.82, 2.24) is 16.0 Å². The van der Waals surface area contributed by atoms with Crippen molar-refractivity contribution in [2.24, 2.45) is 5.73 Å². The van der Waals surface area contributed by atoms with Gasteiger partial charge in [0.1, 0.15) is 16.6 Å². The van der Waals surface area contributed by atoms with Gasteiger partial charge >= 0.3 is 0 Å². The molecule has 0 saturated heterocycles. The third-order valence-corrected chi connectivity index (χ3v) is 13.5. The molecule has 4 aromatic rings. The van der Waals surface area contributed by atoms with E-state index >= 15 is 0 Å². The lowest BCUT2D eigenvalue weighted by Crippen LogP contribution is -2.69. The zero-order chi connectivity index (χ0) is 38.0. The molecule has 3 atom stereocenters. The van der Waals surface area contributed by atoms with Crippen LogP contribution in [0.3, 0.4) is 0 Å².